The number of carbonyl (C=O) groups is 1. The summed E-state index contributed by atoms with van der Waals surface area (Å²) in [6, 6.07) is 7.65. The molecule has 1 aromatic heterocycles. The van der Waals surface area contributed by atoms with Crippen molar-refractivity contribution in [3.63, 3.8) is 0 Å². The molecule has 0 saturated carbocycles. The minimum atomic E-state index is -0.351. The first-order chi connectivity index (χ1) is 12.4. The molecule has 0 fully saturated rings. The zero-order valence-electron chi connectivity index (χ0n) is 15.3. The first kappa shape index (κ1) is 20.0. The molecule has 0 aliphatic heterocycles. The van der Waals surface area contributed by atoms with Crippen LogP contribution in [0, 0.1) is 5.92 Å². The van der Waals surface area contributed by atoms with Crippen molar-refractivity contribution >= 4 is 23.4 Å². The standard InChI is InChI=1S/C19H25N3O3S/c1-4-13-6-8-14(9-7-13)20-16(23)11-26-19-21-17(24)15(18(25)22-19)10-5-12(2)3/h6-9,12H,4-5,10-11H2,1-3H3,(H,20,23)(H2,21,22,24,25). The molecule has 1 aromatic carbocycles. The molecule has 1 amide bonds. The van der Waals surface area contributed by atoms with Gasteiger partial charge in [0.15, 0.2) is 5.16 Å². The number of thioether (sulfide) groups is 1. The maximum Gasteiger partial charge on any atom is 0.258 e. The van der Waals surface area contributed by atoms with Crippen LogP contribution in [0.3, 0.4) is 0 Å². The van der Waals surface area contributed by atoms with Crippen LogP contribution in [0.25, 0.3) is 0 Å². The van der Waals surface area contributed by atoms with Crippen LogP contribution in [0.15, 0.2) is 34.2 Å². The molecule has 0 aliphatic carbocycles. The van der Waals surface area contributed by atoms with Crippen molar-refractivity contribution in [2.45, 2.75) is 45.2 Å². The van der Waals surface area contributed by atoms with E-state index in [0.717, 1.165) is 30.3 Å². The number of H-pyrrole nitrogens is 1. The molecule has 2 rings (SSSR count). The van der Waals surface area contributed by atoms with Crippen molar-refractivity contribution < 1.29 is 9.90 Å². The molecule has 0 unspecified atom stereocenters. The fourth-order valence-electron chi connectivity index (χ4n) is 2.35. The van der Waals surface area contributed by atoms with Gasteiger partial charge in [0, 0.05) is 5.69 Å². The van der Waals surface area contributed by atoms with Gasteiger partial charge >= 0.3 is 0 Å². The Hall–Kier alpha value is -2.28. The van der Waals surface area contributed by atoms with Gasteiger partial charge < -0.3 is 15.4 Å². The number of aromatic nitrogens is 2. The van der Waals surface area contributed by atoms with Crippen molar-refractivity contribution in [3.8, 4) is 5.88 Å². The lowest BCUT2D eigenvalue weighted by Gasteiger charge is -2.08. The summed E-state index contributed by atoms with van der Waals surface area (Å²) in [6.07, 6.45) is 2.22. The van der Waals surface area contributed by atoms with Crippen LogP contribution in [0.4, 0.5) is 5.69 Å². The number of hydrogen-bond donors (Lipinski definition) is 3. The van der Waals surface area contributed by atoms with Crippen LogP contribution in [0.2, 0.25) is 0 Å². The average molecular weight is 375 g/mol. The van der Waals surface area contributed by atoms with Gasteiger partial charge in [-0.25, -0.2) is 0 Å². The first-order valence-electron chi connectivity index (χ1n) is 8.72. The summed E-state index contributed by atoms with van der Waals surface area (Å²) in [5.41, 5.74) is 1.87. The molecule has 7 heteroatoms. The number of nitrogens with zero attached hydrogens (tertiary/aromatic N) is 1. The van der Waals surface area contributed by atoms with Crippen LogP contribution in [-0.2, 0) is 17.6 Å². The van der Waals surface area contributed by atoms with E-state index in [0.29, 0.717) is 17.9 Å². The van der Waals surface area contributed by atoms with Gasteiger partial charge in [-0.05, 0) is 42.9 Å². The predicted molar refractivity (Wildman–Crippen MR) is 105 cm³/mol. The van der Waals surface area contributed by atoms with Gasteiger partial charge in [-0.1, -0.05) is 44.7 Å². The highest BCUT2D eigenvalue weighted by atomic mass is 32.2. The van der Waals surface area contributed by atoms with Crippen LogP contribution in [-0.4, -0.2) is 26.7 Å². The Kier molecular flexibility index (Phi) is 7.26. The summed E-state index contributed by atoms with van der Waals surface area (Å²) in [5, 5.41) is 13.0. The molecule has 2 aromatic rings. The lowest BCUT2D eigenvalue weighted by atomic mass is 10.0. The third-order valence-electron chi connectivity index (χ3n) is 3.93. The molecule has 1 heterocycles. The number of aromatic hydroxyl groups is 1. The Balaban J connectivity index is 1.93. The number of amides is 1. The van der Waals surface area contributed by atoms with E-state index in [2.05, 4.69) is 36.1 Å². The van der Waals surface area contributed by atoms with E-state index in [4.69, 9.17) is 0 Å². The molecule has 0 bridgehead atoms. The summed E-state index contributed by atoms with van der Waals surface area (Å²) < 4.78 is 0. The van der Waals surface area contributed by atoms with Crippen LogP contribution in [0.5, 0.6) is 5.88 Å². The van der Waals surface area contributed by atoms with Crippen molar-refractivity contribution in [1.29, 1.82) is 0 Å². The Bertz CT molecular complexity index is 801. The third-order valence-corrected chi connectivity index (χ3v) is 4.80. The first-order valence-corrected chi connectivity index (χ1v) is 9.71. The minimum Gasteiger partial charge on any atom is -0.493 e. The van der Waals surface area contributed by atoms with E-state index < -0.39 is 0 Å². The highest BCUT2D eigenvalue weighted by molar-refractivity contribution is 7.99. The largest absolute Gasteiger partial charge is 0.493 e. The number of anilines is 1. The molecule has 0 aliphatic rings. The van der Waals surface area contributed by atoms with E-state index in [-0.39, 0.29) is 28.3 Å². The summed E-state index contributed by atoms with van der Waals surface area (Å²) in [4.78, 5) is 30.8. The normalized spacial score (nSPS) is 10.9. The third kappa shape index (κ3) is 5.91. The summed E-state index contributed by atoms with van der Waals surface area (Å²) in [6.45, 7) is 6.18. The summed E-state index contributed by atoms with van der Waals surface area (Å²) in [7, 11) is 0. The van der Waals surface area contributed by atoms with Gasteiger partial charge in [-0.2, -0.15) is 4.98 Å². The number of aryl methyl sites for hydroxylation is 1. The second-order valence-electron chi connectivity index (χ2n) is 6.49. The monoisotopic (exact) mass is 375 g/mol. The molecule has 0 saturated heterocycles. The van der Waals surface area contributed by atoms with Crippen molar-refractivity contribution in [2.24, 2.45) is 5.92 Å². The maximum absolute atomic E-state index is 12.1. The second-order valence-corrected chi connectivity index (χ2v) is 7.46. The highest BCUT2D eigenvalue weighted by Gasteiger charge is 2.13. The Morgan fingerprint density at radius 3 is 2.58 bits per heavy atom. The molecule has 140 valence electrons. The number of nitrogens with one attached hydrogen (secondary N) is 2. The van der Waals surface area contributed by atoms with Gasteiger partial charge in [-0.15, -0.1) is 0 Å². The number of rotatable bonds is 8. The molecule has 3 N–H and O–H groups in total. The topological polar surface area (TPSA) is 95.1 Å². The predicted octanol–water partition coefficient (Wildman–Crippen LogP) is 3.36. The van der Waals surface area contributed by atoms with Gasteiger partial charge in [0.2, 0.25) is 11.8 Å². The summed E-state index contributed by atoms with van der Waals surface area (Å²) >= 11 is 1.08. The second kappa shape index (κ2) is 9.43. The molecular formula is C19H25N3O3S. The SMILES string of the molecule is CCc1ccc(NC(=O)CSc2nc(O)c(CCC(C)C)c(=O)[nH]2)cc1. The number of aromatic amines is 1. The maximum atomic E-state index is 12.1. The summed E-state index contributed by atoms with van der Waals surface area (Å²) in [5.74, 6) is 0.0548. The van der Waals surface area contributed by atoms with Crippen LogP contribution in [0.1, 0.15) is 38.3 Å². The lowest BCUT2D eigenvalue weighted by molar-refractivity contribution is -0.113. The molecule has 0 spiro atoms. The van der Waals surface area contributed by atoms with Gasteiger partial charge in [0.25, 0.3) is 5.56 Å². The van der Waals surface area contributed by atoms with Gasteiger partial charge in [-0.3, -0.25) is 9.59 Å². The Labute approximate surface area is 157 Å². The van der Waals surface area contributed by atoms with E-state index >= 15 is 0 Å². The Morgan fingerprint density at radius 1 is 1.31 bits per heavy atom. The molecular weight excluding hydrogens is 350 g/mol. The minimum absolute atomic E-state index is 0.0866. The van der Waals surface area contributed by atoms with Crippen molar-refractivity contribution in [1.82, 2.24) is 9.97 Å². The highest BCUT2D eigenvalue weighted by Crippen LogP contribution is 2.19. The van der Waals surface area contributed by atoms with E-state index in [1.54, 1.807) is 0 Å². The average Bonchev–Trinajstić information content (AvgIpc) is 2.59. The molecule has 6 nitrogen and oxygen atoms in total. The van der Waals surface area contributed by atoms with Gasteiger partial charge in [0.05, 0.1) is 11.3 Å². The van der Waals surface area contributed by atoms with E-state index in [1.165, 1.54) is 5.56 Å². The number of benzene rings is 1. The number of hydrogen-bond acceptors (Lipinski definition) is 5. The van der Waals surface area contributed by atoms with Crippen LogP contribution < -0.4 is 10.9 Å². The smallest absolute Gasteiger partial charge is 0.258 e. The lowest BCUT2D eigenvalue weighted by Crippen LogP contribution is -2.17. The van der Waals surface area contributed by atoms with E-state index in [9.17, 15) is 14.7 Å². The number of carbonyl (C=O) groups excluding carboxylic acids is 1. The molecule has 0 atom stereocenters. The zero-order valence-corrected chi connectivity index (χ0v) is 16.2. The molecule has 0 radical (unpaired) electrons. The van der Waals surface area contributed by atoms with Crippen molar-refractivity contribution in [2.75, 3.05) is 11.1 Å². The molecule has 26 heavy (non-hydrogen) atoms. The van der Waals surface area contributed by atoms with Gasteiger partial charge in [0.1, 0.15) is 0 Å². The fourth-order valence-corrected chi connectivity index (χ4v) is 3.00. The van der Waals surface area contributed by atoms with E-state index in [1.807, 2.05) is 24.3 Å². The van der Waals surface area contributed by atoms with Crippen molar-refractivity contribution in [3.05, 3.63) is 45.7 Å². The quantitative estimate of drug-likeness (QED) is 0.486. The fraction of sp³-hybridized carbons (Fsp3) is 0.421. The Morgan fingerprint density at radius 2 is 2.00 bits per heavy atom. The zero-order chi connectivity index (χ0) is 19.1. The van der Waals surface area contributed by atoms with Crippen LogP contribution >= 0.6 is 11.8 Å².